The van der Waals surface area contributed by atoms with Gasteiger partial charge in [0.25, 0.3) is 0 Å². The normalized spacial score (nSPS) is 11.4. The topological polar surface area (TPSA) is 46.5 Å². The van der Waals surface area contributed by atoms with Crippen molar-refractivity contribution < 1.29 is 32.2 Å². The number of carboxylic acid groups (broad SMARTS) is 1. The molecule has 1 rings (SSSR count). The summed E-state index contributed by atoms with van der Waals surface area (Å²) < 4.78 is 55.5. The van der Waals surface area contributed by atoms with Gasteiger partial charge in [-0.05, 0) is 19.1 Å². The third-order valence-corrected chi connectivity index (χ3v) is 1.88. The molecule has 0 amide bonds. The Morgan fingerprint density at radius 2 is 2.00 bits per heavy atom. The fourth-order valence-corrected chi connectivity index (χ4v) is 1.22. The Balaban J connectivity index is 3.45. The Bertz CT molecular complexity index is 440. The van der Waals surface area contributed by atoms with Crippen molar-refractivity contribution in [2.24, 2.45) is 0 Å². The number of benzene rings is 1. The standard InChI is InChI=1S/C10H8F4O3/c1-2-17-8-6(10(12,13)14)3-5(9(15)16)4-7(8)11/h3-4H,2H2,1H3,(H,15,16). The van der Waals surface area contributed by atoms with Gasteiger partial charge in [0.15, 0.2) is 11.6 Å². The zero-order valence-corrected chi connectivity index (χ0v) is 8.64. The van der Waals surface area contributed by atoms with Crippen molar-refractivity contribution in [2.75, 3.05) is 6.61 Å². The monoisotopic (exact) mass is 252 g/mol. The average Bonchev–Trinajstić information content (AvgIpc) is 2.18. The molecular weight excluding hydrogens is 244 g/mol. The first-order valence-corrected chi connectivity index (χ1v) is 4.54. The Labute approximate surface area is 93.6 Å². The van der Waals surface area contributed by atoms with E-state index >= 15 is 0 Å². The summed E-state index contributed by atoms with van der Waals surface area (Å²) in [6.45, 7) is 1.23. The smallest absolute Gasteiger partial charge is 0.420 e. The van der Waals surface area contributed by atoms with Gasteiger partial charge in [0.2, 0.25) is 0 Å². The van der Waals surface area contributed by atoms with Gasteiger partial charge in [0.05, 0.1) is 12.2 Å². The van der Waals surface area contributed by atoms with Crippen LogP contribution in [0.15, 0.2) is 12.1 Å². The predicted molar refractivity (Wildman–Crippen MR) is 49.5 cm³/mol. The van der Waals surface area contributed by atoms with E-state index in [0.29, 0.717) is 12.1 Å². The molecule has 94 valence electrons. The van der Waals surface area contributed by atoms with Crippen LogP contribution in [0.25, 0.3) is 0 Å². The Kier molecular flexibility index (Phi) is 3.59. The number of ether oxygens (including phenoxy) is 1. The fraction of sp³-hybridized carbons (Fsp3) is 0.300. The molecule has 0 bridgehead atoms. The van der Waals surface area contributed by atoms with E-state index < -0.39 is 34.8 Å². The second-order valence-corrected chi connectivity index (χ2v) is 3.07. The third-order valence-electron chi connectivity index (χ3n) is 1.88. The molecule has 0 spiro atoms. The molecule has 1 N–H and O–H groups in total. The molecule has 0 fully saturated rings. The number of hydrogen-bond donors (Lipinski definition) is 1. The summed E-state index contributed by atoms with van der Waals surface area (Å²) in [7, 11) is 0. The number of carboxylic acids is 1. The fourth-order valence-electron chi connectivity index (χ4n) is 1.22. The summed E-state index contributed by atoms with van der Waals surface area (Å²) in [4.78, 5) is 10.5. The lowest BCUT2D eigenvalue weighted by Gasteiger charge is -2.14. The van der Waals surface area contributed by atoms with Crippen LogP contribution in [0.1, 0.15) is 22.8 Å². The molecule has 3 nitrogen and oxygen atoms in total. The van der Waals surface area contributed by atoms with E-state index in [0.717, 1.165) is 0 Å². The van der Waals surface area contributed by atoms with E-state index in [1.165, 1.54) is 6.92 Å². The van der Waals surface area contributed by atoms with Gasteiger partial charge in [-0.1, -0.05) is 0 Å². The molecule has 0 heterocycles. The van der Waals surface area contributed by atoms with Crippen molar-refractivity contribution in [1.82, 2.24) is 0 Å². The minimum atomic E-state index is -4.88. The molecule has 0 saturated heterocycles. The maximum absolute atomic E-state index is 13.3. The highest BCUT2D eigenvalue weighted by Crippen LogP contribution is 2.38. The summed E-state index contributed by atoms with van der Waals surface area (Å²) in [6.07, 6.45) is -4.88. The van der Waals surface area contributed by atoms with E-state index in [1.807, 2.05) is 0 Å². The Morgan fingerprint density at radius 1 is 1.41 bits per heavy atom. The summed E-state index contributed by atoms with van der Waals surface area (Å²) in [5, 5.41) is 8.55. The first-order valence-electron chi connectivity index (χ1n) is 4.54. The van der Waals surface area contributed by atoms with Gasteiger partial charge in [-0.15, -0.1) is 0 Å². The van der Waals surface area contributed by atoms with Crippen LogP contribution in [-0.2, 0) is 6.18 Å². The van der Waals surface area contributed by atoms with E-state index in [-0.39, 0.29) is 6.61 Å². The van der Waals surface area contributed by atoms with Crippen LogP contribution in [-0.4, -0.2) is 17.7 Å². The number of alkyl halides is 3. The van der Waals surface area contributed by atoms with E-state index in [1.54, 1.807) is 0 Å². The van der Waals surface area contributed by atoms with Crippen molar-refractivity contribution in [1.29, 1.82) is 0 Å². The highest BCUT2D eigenvalue weighted by molar-refractivity contribution is 5.88. The summed E-state index contributed by atoms with van der Waals surface area (Å²) in [5.41, 5.74) is -2.21. The predicted octanol–water partition coefficient (Wildman–Crippen LogP) is 2.94. The van der Waals surface area contributed by atoms with Gasteiger partial charge in [0, 0.05) is 0 Å². The molecule has 1 aromatic rings. The van der Waals surface area contributed by atoms with Crippen LogP contribution in [0.3, 0.4) is 0 Å². The van der Waals surface area contributed by atoms with Crippen LogP contribution < -0.4 is 4.74 Å². The summed E-state index contributed by atoms with van der Waals surface area (Å²) in [5.74, 6) is -3.97. The average molecular weight is 252 g/mol. The molecule has 7 heteroatoms. The van der Waals surface area contributed by atoms with Crippen molar-refractivity contribution in [2.45, 2.75) is 13.1 Å². The number of hydrogen-bond acceptors (Lipinski definition) is 2. The van der Waals surface area contributed by atoms with Gasteiger partial charge >= 0.3 is 12.1 Å². The Morgan fingerprint density at radius 3 is 2.41 bits per heavy atom. The summed E-state index contributed by atoms with van der Waals surface area (Å²) in [6, 6.07) is 0.832. The molecule has 0 aliphatic carbocycles. The zero-order chi connectivity index (χ0) is 13.2. The number of carbonyl (C=O) groups is 1. The lowest BCUT2D eigenvalue weighted by atomic mass is 10.1. The quantitative estimate of drug-likeness (QED) is 0.841. The lowest BCUT2D eigenvalue weighted by Crippen LogP contribution is -2.12. The maximum Gasteiger partial charge on any atom is 0.420 e. The van der Waals surface area contributed by atoms with Crippen LogP contribution >= 0.6 is 0 Å². The van der Waals surface area contributed by atoms with Crippen LogP contribution in [0.4, 0.5) is 17.6 Å². The maximum atomic E-state index is 13.3. The zero-order valence-electron chi connectivity index (χ0n) is 8.64. The van der Waals surface area contributed by atoms with Crippen LogP contribution in [0.2, 0.25) is 0 Å². The van der Waals surface area contributed by atoms with Crippen LogP contribution in [0, 0.1) is 5.82 Å². The molecular formula is C10H8F4O3. The molecule has 0 saturated carbocycles. The lowest BCUT2D eigenvalue weighted by molar-refractivity contribution is -0.139. The molecule has 17 heavy (non-hydrogen) atoms. The van der Waals surface area contributed by atoms with Crippen molar-refractivity contribution in [3.8, 4) is 5.75 Å². The molecule has 0 aliphatic rings. The second kappa shape index (κ2) is 4.60. The van der Waals surface area contributed by atoms with Crippen molar-refractivity contribution >= 4 is 5.97 Å². The van der Waals surface area contributed by atoms with Gasteiger partial charge in [-0.2, -0.15) is 13.2 Å². The number of rotatable bonds is 3. The van der Waals surface area contributed by atoms with Crippen molar-refractivity contribution in [3.63, 3.8) is 0 Å². The van der Waals surface area contributed by atoms with Gasteiger partial charge in [0.1, 0.15) is 5.56 Å². The SMILES string of the molecule is CCOc1c(F)cc(C(=O)O)cc1C(F)(F)F. The number of aromatic carboxylic acids is 1. The minimum Gasteiger partial charge on any atom is -0.490 e. The first kappa shape index (κ1) is 13.3. The largest absolute Gasteiger partial charge is 0.490 e. The molecule has 0 aromatic heterocycles. The molecule has 0 radical (unpaired) electrons. The first-order chi connectivity index (χ1) is 7.77. The van der Waals surface area contributed by atoms with Gasteiger partial charge in [-0.25, -0.2) is 9.18 Å². The molecule has 0 atom stereocenters. The number of halogens is 4. The van der Waals surface area contributed by atoms with E-state index in [4.69, 9.17) is 5.11 Å². The highest BCUT2D eigenvalue weighted by Gasteiger charge is 2.37. The molecule has 1 aromatic carbocycles. The van der Waals surface area contributed by atoms with E-state index in [2.05, 4.69) is 4.74 Å². The van der Waals surface area contributed by atoms with E-state index in [9.17, 15) is 22.4 Å². The summed E-state index contributed by atoms with van der Waals surface area (Å²) >= 11 is 0. The third kappa shape index (κ3) is 2.86. The molecule has 0 aliphatic heterocycles. The molecule has 0 unspecified atom stereocenters. The Hall–Kier alpha value is -1.79. The van der Waals surface area contributed by atoms with Gasteiger partial charge < -0.3 is 9.84 Å². The van der Waals surface area contributed by atoms with Gasteiger partial charge in [-0.3, -0.25) is 0 Å². The van der Waals surface area contributed by atoms with Crippen LogP contribution in [0.5, 0.6) is 5.75 Å². The second-order valence-electron chi connectivity index (χ2n) is 3.07. The van der Waals surface area contributed by atoms with Crippen molar-refractivity contribution in [3.05, 3.63) is 29.1 Å². The minimum absolute atomic E-state index is 0.160. The highest BCUT2D eigenvalue weighted by atomic mass is 19.4.